The van der Waals surface area contributed by atoms with Gasteiger partial charge in [0.15, 0.2) is 0 Å². The van der Waals surface area contributed by atoms with E-state index in [-0.39, 0.29) is 5.92 Å². The van der Waals surface area contributed by atoms with Gasteiger partial charge in [0.2, 0.25) is 0 Å². The van der Waals surface area contributed by atoms with Crippen LogP contribution in [0.25, 0.3) is 0 Å². The highest BCUT2D eigenvalue weighted by molar-refractivity contribution is 5.38. The number of hydrogen-bond acceptors (Lipinski definition) is 3. The van der Waals surface area contributed by atoms with E-state index in [9.17, 15) is 5.11 Å². The molecule has 2 aromatic rings. The Bertz CT molecular complexity index is 591. The summed E-state index contributed by atoms with van der Waals surface area (Å²) >= 11 is 0. The molecule has 0 bridgehead atoms. The molecule has 0 amide bonds. The molecule has 1 atom stereocenters. The Morgan fingerprint density at radius 1 is 0.955 bits per heavy atom. The van der Waals surface area contributed by atoms with Crippen molar-refractivity contribution in [1.29, 1.82) is 0 Å². The summed E-state index contributed by atoms with van der Waals surface area (Å²) in [5.74, 6) is 0.222. The third kappa shape index (κ3) is 2.80. The standard InChI is InChI=1S/C19H24N2O/c20-14-15-6-8-17(9-7-15)19(22,16-4-2-1-3-5-16)18-10-12-21-13-11-18/h1-9,18,21-22H,10-14,20H2. The molecule has 1 heterocycles. The molecular formula is C19H24N2O. The molecule has 0 spiro atoms. The maximum atomic E-state index is 11.7. The van der Waals surface area contributed by atoms with E-state index in [0.29, 0.717) is 6.54 Å². The van der Waals surface area contributed by atoms with Gasteiger partial charge in [0, 0.05) is 6.54 Å². The Labute approximate surface area is 132 Å². The Kier molecular flexibility index (Phi) is 4.57. The molecule has 0 aliphatic carbocycles. The summed E-state index contributed by atoms with van der Waals surface area (Å²) in [6.45, 7) is 2.44. The molecule has 1 aliphatic heterocycles. The molecule has 1 saturated heterocycles. The molecule has 22 heavy (non-hydrogen) atoms. The lowest BCUT2D eigenvalue weighted by molar-refractivity contribution is 0.00235. The highest BCUT2D eigenvalue weighted by Gasteiger charge is 2.40. The molecule has 116 valence electrons. The fourth-order valence-corrected chi connectivity index (χ4v) is 3.46. The van der Waals surface area contributed by atoms with E-state index in [1.165, 1.54) is 0 Å². The average molecular weight is 296 g/mol. The van der Waals surface area contributed by atoms with Crippen molar-refractivity contribution in [2.45, 2.75) is 25.0 Å². The Morgan fingerprint density at radius 2 is 1.55 bits per heavy atom. The van der Waals surface area contributed by atoms with Gasteiger partial charge in [0.1, 0.15) is 5.60 Å². The summed E-state index contributed by atoms with van der Waals surface area (Å²) in [5.41, 5.74) is 7.78. The number of aliphatic hydroxyl groups is 1. The van der Waals surface area contributed by atoms with Gasteiger partial charge in [-0.1, -0.05) is 54.6 Å². The maximum absolute atomic E-state index is 11.7. The first-order valence-corrected chi connectivity index (χ1v) is 8.03. The second kappa shape index (κ2) is 6.61. The Balaban J connectivity index is 2.05. The van der Waals surface area contributed by atoms with Crippen molar-refractivity contribution in [2.75, 3.05) is 13.1 Å². The molecule has 0 saturated carbocycles. The monoisotopic (exact) mass is 296 g/mol. The van der Waals surface area contributed by atoms with Crippen molar-refractivity contribution in [3.05, 3.63) is 71.3 Å². The third-order valence-corrected chi connectivity index (χ3v) is 4.77. The van der Waals surface area contributed by atoms with Gasteiger partial charge in [0.25, 0.3) is 0 Å². The molecule has 2 aromatic carbocycles. The van der Waals surface area contributed by atoms with Crippen LogP contribution in [0, 0.1) is 5.92 Å². The zero-order chi connectivity index (χ0) is 15.4. The zero-order valence-corrected chi connectivity index (χ0v) is 12.8. The van der Waals surface area contributed by atoms with Gasteiger partial charge in [0.05, 0.1) is 0 Å². The molecule has 3 nitrogen and oxygen atoms in total. The molecule has 1 aliphatic rings. The van der Waals surface area contributed by atoms with Crippen LogP contribution < -0.4 is 11.1 Å². The quantitative estimate of drug-likeness (QED) is 0.812. The van der Waals surface area contributed by atoms with Crippen molar-refractivity contribution in [3.63, 3.8) is 0 Å². The number of piperidine rings is 1. The van der Waals surface area contributed by atoms with Gasteiger partial charge in [-0.25, -0.2) is 0 Å². The van der Waals surface area contributed by atoms with Crippen LogP contribution in [0.2, 0.25) is 0 Å². The molecule has 3 rings (SSSR count). The second-order valence-electron chi connectivity index (χ2n) is 6.06. The van der Waals surface area contributed by atoms with Crippen LogP contribution >= 0.6 is 0 Å². The predicted octanol–water partition coefficient (Wildman–Crippen LogP) is 2.38. The lowest BCUT2D eigenvalue weighted by Gasteiger charge is -2.39. The van der Waals surface area contributed by atoms with E-state index in [0.717, 1.165) is 42.6 Å². The number of hydrogen-bond donors (Lipinski definition) is 3. The Hall–Kier alpha value is -1.68. The average Bonchev–Trinajstić information content (AvgIpc) is 2.62. The molecule has 0 aromatic heterocycles. The lowest BCUT2D eigenvalue weighted by Crippen LogP contribution is -2.42. The zero-order valence-electron chi connectivity index (χ0n) is 12.8. The number of nitrogens with two attached hydrogens (primary N) is 1. The normalized spacial score (nSPS) is 18.8. The van der Waals surface area contributed by atoms with Gasteiger partial charge >= 0.3 is 0 Å². The van der Waals surface area contributed by atoms with E-state index in [1.807, 2.05) is 54.6 Å². The highest BCUT2D eigenvalue weighted by Crippen LogP contribution is 2.41. The van der Waals surface area contributed by atoms with Gasteiger partial charge in [-0.15, -0.1) is 0 Å². The number of benzene rings is 2. The van der Waals surface area contributed by atoms with Crippen LogP contribution in [0.4, 0.5) is 0 Å². The lowest BCUT2D eigenvalue weighted by atomic mass is 9.72. The minimum atomic E-state index is -0.934. The maximum Gasteiger partial charge on any atom is 0.117 e. The SMILES string of the molecule is NCc1ccc(C(O)(c2ccccc2)C2CCNCC2)cc1. The number of nitrogens with one attached hydrogen (secondary N) is 1. The second-order valence-corrected chi connectivity index (χ2v) is 6.06. The van der Waals surface area contributed by atoms with E-state index in [1.54, 1.807) is 0 Å². The molecule has 3 heteroatoms. The van der Waals surface area contributed by atoms with Crippen LogP contribution in [0.3, 0.4) is 0 Å². The van der Waals surface area contributed by atoms with Crippen LogP contribution in [0.1, 0.15) is 29.5 Å². The van der Waals surface area contributed by atoms with E-state index in [2.05, 4.69) is 5.32 Å². The first kappa shape index (κ1) is 15.2. The summed E-state index contributed by atoms with van der Waals surface area (Å²) in [4.78, 5) is 0. The fourth-order valence-electron chi connectivity index (χ4n) is 3.46. The molecule has 4 N–H and O–H groups in total. The number of rotatable bonds is 4. The Morgan fingerprint density at radius 3 is 2.14 bits per heavy atom. The van der Waals surface area contributed by atoms with Crippen LogP contribution in [0.5, 0.6) is 0 Å². The highest BCUT2D eigenvalue weighted by atomic mass is 16.3. The fraction of sp³-hybridized carbons (Fsp3) is 0.368. The van der Waals surface area contributed by atoms with Crippen molar-refractivity contribution in [2.24, 2.45) is 11.7 Å². The van der Waals surface area contributed by atoms with Crippen LogP contribution in [-0.2, 0) is 12.1 Å². The van der Waals surface area contributed by atoms with Crippen molar-refractivity contribution >= 4 is 0 Å². The molecule has 1 fully saturated rings. The van der Waals surface area contributed by atoms with Gasteiger partial charge in [-0.05, 0) is 48.5 Å². The summed E-state index contributed by atoms with van der Waals surface area (Å²) in [7, 11) is 0. The van der Waals surface area contributed by atoms with Crippen molar-refractivity contribution < 1.29 is 5.11 Å². The third-order valence-electron chi connectivity index (χ3n) is 4.77. The first-order valence-electron chi connectivity index (χ1n) is 8.03. The van der Waals surface area contributed by atoms with E-state index >= 15 is 0 Å². The van der Waals surface area contributed by atoms with Crippen molar-refractivity contribution in [3.8, 4) is 0 Å². The predicted molar refractivity (Wildman–Crippen MR) is 89.4 cm³/mol. The largest absolute Gasteiger partial charge is 0.380 e. The molecular weight excluding hydrogens is 272 g/mol. The topological polar surface area (TPSA) is 58.3 Å². The van der Waals surface area contributed by atoms with Crippen molar-refractivity contribution in [1.82, 2.24) is 5.32 Å². The molecule has 0 radical (unpaired) electrons. The molecule has 1 unspecified atom stereocenters. The van der Waals surface area contributed by atoms with Crippen LogP contribution in [0.15, 0.2) is 54.6 Å². The van der Waals surface area contributed by atoms with E-state index < -0.39 is 5.60 Å². The summed E-state index contributed by atoms with van der Waals surface area (Å²) < 4.78 is 0. The minimum absolute atomic E-state index is 0.222. The van der Waals surface area contributed by atoms with Gasteiger partial charge in [-0.2, -0.15) is 0 Å². The van der Waals surface area contributed by atoms with Gasteiger partial charge < -0.3 is 16.2 Å². The van der Waals surface area contributed by atoms with Crippen LogP contribution in [-0.4, -0.2) is 18.2 Å². The summed E-state index contributed by atoms with van der Waals surface area (Å²) in [5, 5.41) is 15.1. The minimum Gasteiger partial charge on any atom is -0.380 e. The smallest absolute Gasteiger partial charge is 0.117 e. The summed E-state index contributed by atoms with van der Waals surface area (Å²) in [6.07, 6.45) is 1.95. The summed E-state index contributed by atoms with van der Waals surface area (Å²) in [6, 6.07) is 18.1. The van der Waals surface area contributed by atoms with E-state index in [4.69, 9.17) is 5.73 Å². The first-order chi connectivity index (χ1) is 10.7. The van der Waals surface area contributed by atoms with Gasteiger partial charge in [-0.3, -0.25) is 0 Å².